The van der Waals surface area contributed by atoms with Crippen molar-refractivity contribution >= 4 is 5.78 Å². The molecule has 0 N–H and O–H groups in total. The van der Waals surface area contributed by atoms with E-state index in [1.54, 1.807) is 0 Å². The second kappa shape index (κ2) is 12.4. The van der Waals surface area contributed by atoms with Crippen molar-refractivity contribution in [2.24, 2.45) is 5.41 Å². The number of carbonyl (C=O) groups is 1. The van der Waals surface area contributed by atoms with E-state index >= 15 is 0 Å². The number of ether oxygens (including phenoxy) is 2. The summed E-state index contributed by atoms with van der Waals surface area (Å²) in [6.07, 6.45) is 4.00. The number of Topliss-reactive ketones (excluding diaryl/α,β-unsaturated/α-hetero) is 1. The van der Waals surface area contributed by atoms with Gasteiger partial charge in [-0.2, -0.15) is 0 Å². The molecule has 3 heteroatoms. The van der Waals surface area contributed by atoms with Gasteiger partial charge in [0.15, 0.2) is 5.78 Å². The highest BCUT2D eigenvalue weighted by Crippen LogP contribution is 2.41. The number of hydrogen-bond acceptors (Lipinski definition) is 3. The molecule has 0 radical (unpaired) electrons. The molecule has 0 atom stereocenters. The van der Waals surface area contributed by atoms with Crippen LogP contribution < -0.4 is 9.47 Å². The largest absolute Gasteiger partial charge is 0.493 e. The zero-order chi connectivity index (χ0) is 27.1. The number of ketones is 1. The molecular formula is C34H44O3. The number of benzene rings is 3. The predicted octanol–water partition coefficient (Wildman–Crippen LogP) is 8.42. The Hall–Kier alpha value is -3.07. The van der Waals surface area contributed by atoms with Crippen LogP contribution in [0.5, 0.6) is 11.5 Å². The van der Waals surface area contributed by atoms with Crippen molar-refractivity contribution in [2.45, 2.75) is 79.6 Å². The molecule has 0 bridgehead atoms. The molecule has 0 aliphatic heterocycles. The lowest BCUT2D eigenvalue weighted by Gasteiger charge is -2.34. The van der Waals surface area contributed by atoms with Crippen LogP contribution >= 0.6 is 0 Å². The second-order valence-electron chi connectivity index (χ2n) is 11.1. The lowest BCUT2D eigenvalue weighted by molar-refractivity contribution is -0.128. The van der Waals surface area contributed by atoms with Crippen molar-refractivity contribution in [3.8, 4) is 11.5 Å². The molecule has 0 heterocycles. The van der Waals surface area contributed by atoms with Gasteiger partial charge in [0.1, 0.15) is 18.1 Å². The zero-order valence-electron chi connectivity index (χ0n) is 23.8. The van der Waals surface area contributed by atoms with E-state index in [2.05, 4.69) is 88.4 Å². The predicted molar refractivity (Wildman–Crippen MR) is 154 cm³/mol. The fraction of sp³-hybridized carbons (Fsp3) is 0.441. The number of hydrogen-bond donors (Lipinski definition) is 0. The van der Waals surface area contributed by atoms with Crippen molar-refractivity contribution < 1.29 is 14.3 Å². The minimum Gasteiger partial charge on any atom is -0.493 e. The molecule has 3 aromatic carbocycles. The maximum Gasteiger partial charge on any atom is 0.175 e. The average Bonchev–Trinajstić information content (AvgIpc) is 2.88. The molecule has 0 aliphatic rings. The van der Waals surface area contributed by atoms with Crippen molar-refractivity contribution in [1.82, 2.24) is 0 Å². The van der Waals surface area contributed by atoms with Crippen LogP contribution in [-0.4, -0.2) is 19.0 Å². The highest BCUT2D eigenvalue weighted by atomic mass is 16.5. The first kappa shape index (κ1) is 28.5. The Labute approximate surface area is 224 Å². The van der Waals surface area contributed by atoms with E-state index in [0.29, 0.717) is 6.61 Å². The quantitative estimate of drug-likeness (QED) is 0.234. The fourth-order valence-electron chi connectivity index (χ4n) is 4.91. The lowest BCUT2D eigenvalue weighted by Crippen LogP contribution is -2.27. The highest BCUT2D eigenvalue weighted by Gasteiger charge is 2.31. The summed E-state index contributed by atoms with van der Waals surface area (Å²) in [7, 11) is 0. The summed E-state index contributed by atoms with van der Waals surface area (Å²) >= 11 is 0. The van der Waals surface area contributed by atoms with Gasteiger partial charge in [0.2, 0.25) is 0 Å². The Balaban J connectivity index is 1.74. The summed E-state index contributed by atoms with van der Waals surface area (Å²) in [5, 5.41) is 0. The van der Waals surface area contributed by atoms with Gasteiger partial charge in [-0.3, -0.25) is 4.79 Å². The molecule has 3 aromatic rings. The Morgan fingerprint density at radius 1 is 0.757 bits per heavy atom. The molecule has 0 spiro atoms. The van der Waals surface area contributed by atoms with E-state index < -0.39 is 5.41 Å². The maximum absolute atomic E-state index is 12.3. The molecule has 37 heavy (non-hydrogen) atoms. The van der Waals surface area contributed by atoms with E-state index in [0.717, 1.165) is 42.7 Å². The van der Waals surface area contributed by atoms with Gasteiger partial charge in [0, 0.05) is 10.8 Å². The average molecular weight is 501 g/mol. The molecule has 198 valence electrons. The van der Waals surface area contributed by atoms with E-state index in [-0.39, 0.29) is 17.8 Å². The smallest absolute Gasteiger partial charge is 0.175 e. The fourth-order valence-corrected chi connectivity index (χ4v) is 4.91. The van der Waals surface area contributed by atoms with Gasteiger partial charge in [-0.1, -0.05) is 89.2 Å². The van der Waals surface area contributed by atoms with Crippen LogP contribution in [0.3, 0.4) is 0 Å². The van der Waals surface area contributed by atoms with Crippen LogP contribution in [0.1, 0.15) is 81.7 Å². The Morgan fingerprint density at radius 2 is 1.30 bits per heavy atom. The Bertz CT molecular complexity index is 1170. The summed E-state index contributed by atoms with van der Waals surface area (Å²) in [6, 6.07) is 23.6. The Morgan fingerprint density at radius 3 is 1.78 bits per heavy atom. The molecule has 3 nitrogen and oxygen atoms in total. The molecule has 0 unspecified atom stereocenters. The summed E-state index contributed by atoms with van der Waals surface area (Å²) < 4.78 is 12.1. The van der Waals surface area contributed by atoms with Crippen LogP contribution in [-0.2, 0) is 16.6 Å². The van der Waals surface area contributed by atoms with Crippen molar-refractivity contribution in [3.05, 3.63) is 94.5 Å². The topological polar surface area (TPSA) is 35.5 Å². The van der Waals surface area contributed by atoms with Crippen molar-refractivity contribution in [3.63, 3.8) is 0 Å². The summed E-state index contributed by atoms with van der Waals surface area (Å²) in [5.41, 5.74) is 5.66. The number of carbonyl (C=O) groups excluding carboxylic acids is 1. The molecule has 0 saturated carbocycles. The maximum atomic E-state index is 12.3. The first-order valence-corrected chi connectivity index (χ1v) is 13.7. The van der Waals surface area contributed by atoms with Crippen LogP contribution in [0, 0.1) is 19.3 Å². The second-order valence-corrected chi connectivity index (χ2v) is 11.1. The molecule has 0 aliphatic carbocycles. The van der Waals surface area contributed by atoms with E-state index in [4.69, 9.17) is 9.47 Å². The van der Waals surface area contributed by atoms with Crippen molar-refractivity contribution in [1.29, 1.82) is 0 Å². The van der Waals surface area contributed by atoms with Gasteiger partial charge in [-0.15, -0.1) is 0 Å². The monoisotopic (exact) mass is 500 g/mol. The van der Waals surface area contributed by atoms with Crippen LogP contribution in [0.15, 0.2) is 66.7 Å². The van der Waals surface area contributed by atoms with Crippen molar-refractivity contribution in [2.75, 3.05) is 13.2 Å². The number of rotatable bonds is 12. The standard InChI is InChI=1S/C34H44O3/c1-8-34(9-2,29-18-20-31(26(4)23-29)37-24-32(35)33(5,6)7)28-17-19-30(25(3)22-28)36-21-13-16-27-14-11-10-12-15-27/h10-12,14-15,17-20,22-23H,8-9,13,16,21,24H2,1-7H3. The summed E-state index contributed by atoms with van der Waals surface area (Å²) in [5.74, 6) is 1.84. The summed E-state index contributed by atoms with van der Waals surface area (Å²) in [6.45, 7) is 15.3. The van der Waals surface area contributed by atoms with E-state index in [1.165, 1.54) is 22.3 Å². The SMILES string of the molecule is CCC(CC)(c1ccc(OCCCc2ccccc2)c(C)c1)c1ccc(OCC(=O)C(C)(C)C)c(C)c1. The van der Waals surface area contributed by atoms with E-state index in [9.17, 15) is 4.79 Å². The van der Waals surface area contributed by atoms with E-state index in [1.807, 2.05) is 26.8 Å². The van der Waals surface area contributed by atoms with Gasteiger partial charge >= 0.3 is 0 Å². The summed E-state index contributed by atoms with van der Waals surface area (Å²) in [4.78, 5) is 12.3. The van der Waals surface area contributed by atoms with Gasteiger partial charge < -0.3 is 9.47 Å². The molecule has 3 rings (SSSR count). The number of aryl methyl sites for hydroxylation is 3. The van der Waals surface area contributed by atoms with Gasteiger partial charge in [-0.25, -0.2) is 0 Å². The molecule has 0 fully saturated rings. The minimum absolute atomic E-state index is 0.0961. The van der Waals surface area contributed by atoms with Gasteiger partial charge in [0.25, 0.3) is 0 Å². The lowest BCUT2D eigenvalue weighted by atomic mass is 9.70. The molecule has 0 amide bonds. The van der Waals surface area contributed by atoms with Crippen LogP contribution in [0.25, 0.3) is 0 Å². The van der Waals surface area contributed by atoms with Gasteiger partial charge in [-0.05, 0) is 79.5 Å². The highest BCUT2D eigenvalue weighted by molar-refractivity contribution is 5.85. The molecule has 0 saturated heterocycles. The molecular weight excluding hydrogens is 456 g/mol. The third-order valence-electron chi connectivity index (χ3n) is 7.57. The molecule has 0 aromatic heterocycles. The Kier molecular flexibility index (Phi) is 9.59. The first-order chi connectivity index (χ1) is 17.6. The van der Waals surface area contributed by atoms with Gasteiger partial charge in [0.05, 0.1) is 6.61 Å². The van der Waals surface area contributed by atoms with Crippen LogP contribution in [0.2, 0.25) is 0 Å². The minimum atomic E-state index is -0.400. The zero-order valence-corrected chi connectivity index (χ0v) is 23.8. The third-order valence-corrected chi connectivity index (χ3v) is 7.57. The normalized spacial score (nSPS) is 11.9. The van der Waals surface area contributed by atoms with Crippen LogP contribution in [0.4, 0.5) is 0 Å². The first-order valence-electron chi connectivity index (χ1n) is 13.7. The third kappa shape index (κ3) is 7.03.